The largest absolute Gasteiger partial charge is 0.493 e. The molecular weight excluding hydrogens is 280 g/mol. The SMILES string of the molecule is COc1cc(CNCC2CCCO2)cc2nc(C(C)C)oc12. The monoisotopic (exact) mass is 304 g/mol. The number of oxazole rings is 1. The minimum atomic E-state index is 0.262. The maximum Gasteiger partial charge on any atom is 0.198 e. The number of ether oxygens (including phenoxy) is 2. The van der Waals surface area contributed by atoms with E-state index in [-0.39, 0.29) is 5.92 Å². The highest BCUT2D eigenvalue weighted by Crippen LogP contribution is 2.30. The lowest BCUT2D eigenvalue weighted by Crippen LogP contribution is -2.25. The van der Waals surface area contributed by atoms with Crippen LogP contribution in [-0.2, 0) is 11.3 Å². The molecule has 2 heterocycles. The number of hydrogen-bond donors (Lipinski definition) is 1. The van der Waals surface area contributed by atoms with Crippen molar-refractivity contribution >= 4 is 11.1 Å². The van der Waals surface area contributed by atoms with Crippen molar-refractivity contribution in [1.29, 1.82) is 0 Å². The van der Waals surface area contributed by atoms with Crippen LogP contribution < -0.4 is 10.1 Å². The van der Waals surface area contributed by atoms with E-state index in [0.717, 1.165) is 54.4 Å². The summed E-state index contributed by atoms with van der Waals surface area (Å²) in [4.78, 5) is 4.57. The topological polar surface area (TPSA) is 56.5 Å². The first kappa shape index (κ1) is 15.3. The maximum atomic E-state index is 5.82. The quantitative estimate of drug-likeness (QED) is 0.888. The Hall–Kier alpha value is -1.59. The summed E-state index contributed by atoms with van der Waals surface area (Å²) >= 11 is 0. The highest BCUT2D eigenvalue weighted by molar-refractivity contribution is 5.80. The minimum Gasteiger partial charge on any atom is -0.493 e. The van der Waals surface area contributed by atoms with Crippen molar-refractivity contribution in [3.05, 3.63) is 23.6 Å². The Labute approximate surface area is 131 Å². The molecule has 0 saturated carbocycles. The van der Waals surface area contributed by atoms with E-state index in [1.54, 1.807) is 7.11 Å². The summed E-state index contributed by atoms with van der Waals surface area (Å²) in [5.41, 5.74) is 2.73. The van der Waals surface area contributed by atoms with Crippen LogP contribution in [0.4, 0.5) is 0 Å². The molecule has 1 aliphatic rings. The number of nitrogens with zero attached hydrogens (tertiary/aromatic N) is 1. The van der Waals surface area contributed by atoms with E-state index < -0.39 is 0 Å². The van der Waals surface area contributed by atoms with Crippen molar-refractivity contribution in [3.8, 4) is 5.75 Å². The summed E-state index contributed by atoms with van der Waals surface area (Å²) in [5, 5.41) is 3.45. The van der Waals surface area contributed by atoms with E-state index in [1.165, 1.54) is 6.42 Å². The third kappa shape index (κ3) is 3.25. The van der Waals surface area contributed by atoms with Crippen molar-refractivity contribution in [2.45, 2.75) is 45.3 Å². The first-order chi connectivity index (χ1) is 10.7. The zero-order valence-electron chi connectivity index (χ0n) is 13.5. The predicted molar refractivity (Wildman–Crippen MR) is 85.3 cm³/mol. The van der Waals surface area contributed by atoms with E-state index >= 15 is 0 Å². The molecule has 0 radical (unpaired) electrons. The number of benzene rings is 1. The number of hydrogen-bond acceptors (Lipinski definition) is 5. The normalized spacial score (nSPS) is 18.5. The molecule has 1 N–H and O–H groups in total. The smallest absolute Gasteiger partial charge is 0.198 e. The molecule has 2 aromatic rings. The Kier molecular flexibility index (Phi) is 4.64. The van der Waals surface area contributed by atoms with E-state index in [0.29, 0.717) is 6.10 Å². The fourth-order valence-electron chi connectivity index (χ4n) is 2.76. The molecule has 5 heteroatoms. The van der Waals surface area contributed by atoms with Gasteiger partial charge in [-0.1, -0.05) is 13.8 Å². The summed E-state index contributed by atoms with van der Waals surface area (Å²) in [5.74, 6) is 1.75. The van der Waals surface area contributed by atoms with Crippen LogP contribution >= 0.6 is 0 Å². The van der Waals surface area contributed by atoms with E-state index in [4.69, 9.17) is 13.9 Å². The van der Waals surface area contributed by atoms with Gasteiger partial charge in [0.25, 0.3) is 0 Å². The molecule has 0 bridgehead atoms. The Morgan fingerprint density at radius 2 is 2.27 bits per heavy atom. The Morgan fingerprint density at radius 1 is 1.41 bits per heavy atom. The van der Waals surface area contributed by atoms with Gasteiger partial charge in [-0.25, -0.2) is 4.98 Å². The lowest BCUT2D eigenvalue weighted by Gasteiger charge is -2.11. The van der Waals surface area contributed by atoms with Gasteiger partial charge in [-0.05, 0) is 30.5 Å². The second kappa shape index (κ2) is 6.67. The number of methoxy groups -OCH3 is 1. The van der Waals surface area contributed by atoms with Crippen molar-refractivity contribution in [2.24, 2.45) is 0 Å². The third-order valence-corrected chi connectivity index (χ3v) is 3.97. The molecule has 3 rings (SSSR count). The molecule has 0 amide bonds. The molecule has 0 aliphatic carbocycles. The van der Waals surface area contributed by atoms with Crippen molar-refractivity contribution in [2.75, 3.05) is 20.3 Å². The van der Waals surface area contributed by atoms with Gasteiger partial charge in [-0.3, -0.25) is 0 Å². The molecule has 120 valence electrons. The first-order valence-electron chi connectivity index (χ1n) is 7.97. The van der Waals surface area contributed by atoms with Crippen LogP contribution in [0.1, 0.15) is 44.1 Å². The lowest BCUT2D eigenvalue weighted by molar-refractivity contribution is 0.110. The van der Waals surface area contributed by atoms with Crippen LogP contribution in [0.2, 0.25) is 0 Å². The molecule has 1 aromatic heterocycles. The third-order valence-electron chi connectivity index (χ3n) is 3.97. The number of rotatable bonds is 6. The minimum absolute atomic E-state index is 0.262. The molecule has 1 fully saturated rings. The highest BCUT2D eigenvalue weighted by Gasteiger charge is 2.16. The van der Waals surface area contributed by atoms with E-state index in [9.17, 15) is 0 Å². The molecule has 1 saturated heterocycles. The zero-order valence-corrected chi connectivity index (χ0v) is 13.5. The van der Waals surface area contributed by atoms with Gasteiger partial charge in [-0.15, -0.1) is 0 Å². The fourth-order valence-corrected chi connectivity index (χ4v) is 2.76. The molecule has 5 nitrogen and oxygen atoms in total. The molecule has 1 aliphatic heterocycles. The molecule has 0 spiro atoms. The standard InChI is InChI=1S/C17H24N2O3/c1-11(2)17-19-14-7-12(8-15(20-3)16(14)22-17)9-18-10-13-5-4-6-21-13/h7-8,11,13,18H,4-6,9-10H2,1-3H3. The van der Waals surface area contributed by atoms with Crippen LogP contribution in [0, 0.1) is 0 Å². The molecule has 1 atom stereocenters. The van der Waals surface area contributed by atoms with Crippen molar-refractivity contribution < 1.29 is 13.9 Å². The Morgan fingerprint density at radius 3 is 2.95 bits per heavy atom. The summed E-state index contributed by atoms with van der Waals surface area (Å²) in [6.45, 7) is 6.69. The number of aromatic nitrogens is 1. The van der Waals surface area contributed by atoms with Crippen LogP contribution in [0.15, 0.2) is 16.5 Å². The van der Waals surface area contributed by atoms with Gasteiger partial charge in [0, 0.05) is 25.6 Å². The van der Waals surface area contributed by atoms with E-state index in [1.807, 2.05) is 6.07 Å². The van der Waals surface area contributed by atoms with Gasteiger partial charge in [0.05, 0.1) is 13.2 Å². The molecular formula is C17H24N2O3. The van der Waals surface area contributed by atoms with Crippen LogP contribution in [0.3, 0.4) is 0 Å². The van der Waals surface area contributed by atoms with Crippen molar-refractivity contribution in [1.82, 2.24) is 10.3 Å². The Bertz CT molecular complexity index is 630. The second-order valence-electron chi connectivity index (χ2n) is 6.12. The Balaban J connectivity index is 1.74. The van der Waals surface area contributed by atoms with Crippen LogP contribution in [0.25, 0.3) is 11.1 Å². The zero-order chi connectivity index (χ0) is 15.5. The van der Waals surface area contributed by atoms with E-state index in [2.05, 4.69) is 30.2 Å². The van der Waals surface area contributed by atoms with Crippen LogP contribution in [0.5, 0.6) is 5.75 Å². The number of fused-ring (bicyclic) bond motifs is 1. The van der Waals surface area contributed by atoms with Crippen molar-refractivity contribution in [3.63, 3.8) is 0 Å². The summed E-state index contributed by atoms with van der Waals surface area (Å²) in [7, 11) is 1.66. The van der Waals surface area contributed by atoms with Gasteiger partial charge in [0.1, 0.15) is 5.52 Å². The lowest BCUT2D eigenvalue weighted by atomic mass is 10.1. The first-order valence-corrected chi connectivity index (χ1v) is 7.97. The fraction of sp³-hybridized carbons (Fsp3) is 0.588. The van der Waals surface area contributed by atoms with Gasteiger partial charge in [0.2, 0.25) is 0 Å². The maximum absolute atomic E-state index is 5.82. The molecule has 22 heavy (non-hydrogen) atoms. The average Bonchev–Trinajstić information content (AvgIpc) is 3.15. The second-order valence-corrected chi connectivity index (χ2v) is 6.12. The van der Waals surface area contributed by atoms with Gasteiger partial charge < -0.3 is 19.2 Å². The van der Waals surface area contributed by atoms with Crippen LogP contribution in [-0.4, -0.2) is 31.3 Å². The summed E-state index contributed by atoms with van der Waals surface area (Å²) in [6.07, 6.45) is 2.67. The predicted octanol–water partition coefficient (Wildman–Crippen LogP) is 3.23. The van der Waals surface area contributed by atoms with Gasteiger partial charge in [-0.2, -0.15) is 0 Å². The highest BCUT2D eigenvalue weighted by atomic mass is 16.5. The summed E-state index contributed by atoms with van der Waals surface area (Å²) < 4.78 is 16.9. The van der Waals surface area contributed by atoms with Gasteiger partial charge in [0.15, 0.2) is 17.2 Å². The van der Waals surface area contributed by atoms with Gasteiger partial charge >= 0.3 is 0 Å². The number of nitrogens with one attached hydrogen (secondary N) is 1. The molecule has 1 aromatic carbocycles. The summed E-state index contributed by atoms with van der Waals surface area (Å²) in [6, 6.07) is 4.08. The average molecular weight is 304 g/mol. The molecule has 1 unspecified atom stereocenters.